The van der Waals surface area contributed by atoms with Crippen LogP contribution in [-0.2, 0) is 18.4 Å². The van der Waals surface area contributed by atoms with E-state index < -0.39 is 5.82 Å². The largest absolute Gasteiger partial charge is 0.491 e. The lowest BCUT2D eigenvalue weighted by Gasteiger charge is -2.30. The number of aromatic nitrogens is 2. The quantitative estimate of drug-likeness (QED) is 0.770. The van der Waals surface area contributed by atoms with Crippen molar-refractivity contribution in [2.75, 3.05) is 19.7 Å². The number of imidazole rings is 1. The zero-order valence-electron chi connectivity index (χ0n) is 16.9. The van der Waals surface area contributed by atoms with Crippen LogP contribution in [0.3, 0.4) is 0 Å². The van der Waals surface area contributed by atoms with Crippen molar-refractivity contribution in [2.45, 2.75) is 37.9 Å². The summed E-state index contributed by atoms with van der Waals surface area (Å²) in [6.07, 6.45) is 5.74. The summed E-state index contributed by atoms with van der Waals surface area (Å²) in [7, 11) is 1.94. The first-order valence-electron chi connectivity index (χ1n) is 10.2. The maximum atomic E-state index is 13.8. The molecular formula is C21H26FN5O3. The first-order chi connectivity index (χ1) is 14.5. The van der Waals surface area contributed by atoms with Crippen LogP contribution in [0.15, 0.2) is 30.6 Å². The first kappa shape index (κ1) is 20.3. The van der Waals surface area contributed by atoms with Gasteiger partial charge in [-0.1, -0.05) is 0 Å². The fourth-order valence-electron chi connectivity index (χ4n) is 4.17. The number of halogens is 1. The molecule has 2 amide bonds. The van der Waals surface area contributed by atoms with Gasteiger partial charge in [-0.25, -0.2) is 9.37 Å². The van der Waals surface area contributed by atoms with Crippen LogP contribution in [0.2, 0.25) is 0 Å². The molecule has 2 aromatic rings. The third-order valence-corrected chi connectivity index (χ3v) is 5.80. The molecule has 1 aromatic carbocycles. The minimum Gasteiger partial charge on any atom is -0.491 e. The van der Waals surface area contributed by atoms with Gasteiger partial charge in [-0.3, -0.25) is 14.5 Å². The summed E-state index contributed by atoms with van der Waals surface area (Å²) in [4.78, 5) is 31.9. The summed E-state index contributed by atoms with van der Waals surface area (Å²) < 4.78 is 21.3. The molecule has 2 aliphatic rings. The van der Waals surface area contributed by atoms with Gasteiger partial charge >= 0.3 is 0 Å². The number of fused-ring (bicyclic) bond motifs is 3. The topological polar surface area (TPSA) is 88.5 Å². The Bertz CT molecular complexity index is 931. The molecule has 0 unspecified atom stereocenters. The van der Waals surface area contributed by atoms with Crippen molar-refractivity contribution in [1.82, 2.24) is 25.1 Å². The van der Waals surface area contributed by atoms with Crippen LogP contribution in [0.5, 0.6) is 5.75 Å². The summed E-state index contributed by atoms with van der Waals surface area (Å²) in [5.74, 6) is 0.301. The minimum absolute atomic E-state index is 0.0329. The Morgan fingerprint density at radius 3 is 2.87 bits per heavy atom. The van der Waals surface area contributed by atoms with Gasteiger partial charge in [-0.15, -0.1) is 0 Å². The SMILES string of the molecule is Cn1ccnc1CN1[C@@H]2CC[C@H]1CC(=O)NCCOc1ccc(F)cc1C(=O)NC2. The van der Waals surface area contributed by atoms with E-state index in [1.54, 1.807) is 6.20 Å². The van der Waals surface area contributed by atoms with Crippen molar-refractivity contribution in [3.8, 4) is 5.75 Å². The fraction of sp³-hybridized carbons (Fsp3) is 0.476. The molecular weight excluding hydrogens is 389 g/mol. The predicted octanol–water partition coefficient (Wildman–Crippen LogP) is 1.22. The molecule has 30 heavy (non-hydrogen) atoms. The Hall–Kier alpha value is -2.94. The van der Waals surface area contributed by atoms with Crippen molar-refractivity contribution >= 4 is 11.8 Å². The highest BCUT2D eigenvalue weighted by atomic mass is 19.1. The molecule has 2 bridgehead atoms. The Balaban J connectivity index is 1.58. The third-order valence-electron chi connectivity index (χ3n) is 5.80. The molecule has 1 saturated heterocycles. The van der Waals surface area contributed by atoms with Gasteiger partial charge in [-0.05, 0) is 31.0 Å². The van der Waals surface area contributed by atoms with Gasteiger partial charge in [0.15, 0.2) is 0 Å². The summed E-state index contributed by atoms with van der Waals surface area (Å²) in [6.45, 7) is 1.50. The maximum absolute atomic E-state index is 13.8. The highest BCUT2D eigenvalue weighted by Gasteiger charge is 2.35. The van der Waals surface area contributed by atoms with Crippen molar-refractivity contribution in [3.63, 3.8) is 0 Å². The third kappa shape index (κ3) is 4.46. The van der Waals surface area contributed by atoms with Gasteiger partial charge in [0.25, 0.3) is 5.91 Å². The molecule has 2 atom stereocenters. The van der Waals surface area contributed by atoms with Crippen LogP contribution in [0.4, 0.5) is 4.39 Å². The Morgan fingerprint density at radius 2 is 2.07 bits per heavy atom. The lowest BCUT2D eigenvalue weighted by Crippen LogP contribution is -2.45. The van der Waals surface area contributed by atoms with Gasteiger partial charge < -0.3 is 19.9 Å². The van der Waals surface area contributed by atoms with Crippen LogP contribution in [-0.4, -0.2) is 58.0 Å². The molecule has 9 heteroatoms. The average Bonchev–Trinajstić information content (AvgIpc) is 3.30. The Kier molecular flexibility index (Phi) is 5.98. The Labute approximate surface area is 174 Å². The second-order valence-corrected chi connectivity index (χ2v) is 7.76. The molecule has 3 heterocycles. The number of aryl methyl sites for hydroxylation is 1. The minimum atomic E-state index is -0.501. The maximum Gasteiger partial charge on any atom is 0.255 e. The second kappa shape index (κ2) is 8.83. The standard InChI is InChI=1S/C21H26FN5O3/c1-26-8-6-23-19(26)13-27-15-3-4-16(27)12-25-21(29)17-10-14(22)2-5-18(17)30-9-7-24-20(28)11-15/h2,5-6,8,10,15-16H,3-4,7,9,11-13H2,1H3,(H,24,28)(H,25,29)/t15-,16+/m0/s1. The number of carbonyl (C=O) groups excluding carboxylic acids is 2. The van der Waals surface area contributed by atoms with E-state index >= 15 is 0 Å². The number of carbonyl (C=O) groups is 2. The average molecular weight is 415 g/mol. The summed E-state index contributed by atoms with van der Waals surface area (Å²) in [5.41, 5.74) is 0.156. The van der Waals surface area contributed by atoms with Crippen LogP contribution in [0.1, 0.15) is 35.4 Å². The molecule has 0 spiro atoms. The molecule has 1 fully saturated rings. The number of nitrogens with zero attached hydrogens (tertiary/aromatic N) is 3. The van der Waals surface area contributed by atoms with Gasteiger partial charge in [0, 0.05) is 44.5 Å². The highest BCUT2D eigenvalue weighted by molar-refractivity contribution is 5.97. The van der Waals surface area contributed by atoms with E-state index in [0.717, 1.165) is 18.7 Å². The number of hydrogen-bond donors (Lipinski definition) is 2. The lowest BCUT2D eigenvalue weighted by molar-refractivity contribution is -0.122. The predicted molar refractivity (Wildman–Crippen MR) is 107 cm³/mol. The zero-order chi connectivity index (χ0) is 21.1. The van der Waals surface area contributed by atoms with Crippen LogP contribution in [0, 0.1) is 5.82 Å². The molecule has 4 rings (SSSR count). The van der Waals surface area contributed by atoms with Crippen molar-refractivity contribution in [2.24, 2.45) is 7.05 Å². The molecule has 1 aromatic heterocycles. The normalized spacial score (nSPS) is 23.1. The summed E-state index contributed by atoms with van der Waals surface area (Å²) in [5, 5.41) is 5.81. The number of ether oxygens (including phenoxy) is 1. The molecule has 160 valence electrons. The van der Waals surface area contributed by atoms with Crippen LogP contribution >= 0.6 is 0 Å². The monoisotopic (exact) mass is 415 g/mol. The molecule has 0 saturated carbocycles. The molecule has 2 N–H and O–H groups in total. The summed E-state index contributed by atoms with van der Waals surface area (Å²) in [6, 6.07) is 4.00. The van der Waals surface area contributed by atoms with E-state index in [9.17, 15) is 14.0 Å². The van der Waals surface area contributed by atoms with Crippen molar-refractivity contribution in [1.29, 1.82) is 0 Å². The van der Waals surface area contributed by atoms with E-state index in [4.69, 9.17) is 4.74 Å². The van der Waals surface area contributed by atoms with E-state index in [1.807, 2.05) is 17.8 Å². The number of hydrogen-bond acceptors (Lipinski definition) is 5. The van der Waals surface area contributed by atoms with Gasteiger partial charge in [0.1, 0.15) is 24.0 Å². The van der Waals surface area contributed by atoms with Crippen LogP contribution in [0.25, 0.3) is 0 Å². The molecule has 0 aliphatic carbocycles. The number of benzene rings is 1. The first-order valence-corrected chi connectivity index (χ1v) is 10.2. The van der Waals surface area contributed by atoms with Gasteiger partial charge in [0.05, 0.1) is 18.7 Å². The van der Waals surface area contributed by atoms with E-state index in [0.29, 0.717) is 31.8 Å². The lowest BCUT2D eigenvalue weighted by atomic mass is 10.1. The number of nitrogens with one attached hydrogen (secondary N) is 2. The van der Waals surface area contributed by atoms with Gasteiger partial charge in [0.2, 0.25) is 5.91 Å². The number of rotatable bonds is 2. The molecule has 2 aliphatic heterocycles. The smallest absolute Gasteiger partial charge is 0.255 e. The van der Waals surface area contributed by atoms with Gasteiger partial charge in [-0.2, -0.15) is 0 Å². The zero-order valence-corrected chi connectivity index (χ0v) is 16.9. The van der Waals surface area contributed by atoms with E-state index in [1.165, 1.54) is 18.2 Å². The number of amides is 2. The van der Waals surface area contributed by atoms with Crippen LogP contribution < -0.4 is 15.4 Å². The van der Waals surface area contributed by atoms with Crippen molar-refractivity contribution in [3.05, 3.63) is 47.8 Å². The van der Waals surface area contributed by atoms with Crippen molar-refractivity contribution < 1.29 is 18.7 Å². The summed E-state index contributed by atoms with van der Waals surface area (Å²) >= 11 is 0. The van der Waals surface area contributed by atoms with E-state index in [2.05, 4.69) is 20.5 Å². The second-order valence-electron chi connectivity index (χ2n) is 7.76. The molecule has 8 nitrogen and oxygen atoms in total. The Morgan fingerprint density at radius 1 is 1.23 bits per heavy atom. The van der Waals surface area contributed by atoms with E-state index in [-0.39, 0.29) is 36.1 Å². The highest BCUT2D eigenvalue weighted by Crippen LogP contribution is 2.28. The molecule has 0 radical (unpaired) electrons. The fourth-order valence-corrected chi connectivity index (χ4v) is 4.17.